The van der Waals surface area contributed by atoms with Crippen molar-refractivity contribution < 1.29 is 9.53 Å². The number of nitrogens with zero attached hydrogens (tertiary/aromatic N) is 4. The van der Waals surface area contributed by atoms with E-state index in [1.807, 2.05) is 25.7 Å². The second kappa shape index (κ2) is 6.60. The highest BCUT2D eigenvalue weighted by Gasteiger charge is 2.32. The molecule has 0 spiro atoms. The van der Waals surface area contributed by atoms with Crippen molar-refractivity contribution in [3.05, 3.63) is 24.3 Å². The number of rotatable bonds is 2. The minimum Gasteiger partial charge on any atom is -0.444 e. The molecule has 2 atom stereocenters. The molecule has 1 aliphatic heterocycles. The number of amides is 1. The third kappa shape index (κ3) is 4.16. The van der Waals surface area contributed by atoms with Crippen molar-refractivity contribution in [3.8, 4) is 0 Å². The standard InChI is InChI=1S/C16H26N4O2/c1-12-11-19(13(2)14-10-17-6-7-18-14)8-9-20(12)15(21)22-16(3,4)5/h6-7,10,12-13H,8-9,11H2,1-5H3/t12-,13-/m0/s1. The molecule has 6 heteroatoms. The van der Waals surface area contributed by atoms with E-state index < -0.39 is 5.60 Å². The maximum absolute atomic E-state index is 12.2. The molecule has 2 heterocycles. The van der Waals surface area contributed by atoms with Gasteiger partial charge in [0.2, 0.25) is 0 Å². The number of piperazine rings is 1. The van der Waals surface area contributed by atoms with E-state index in [4.69, 9.17) is 4.74 Å². The summed E-state index contributed by atoms with van der Waals surface area (Å²) in [5.41, 5.74) is 0.501. The molecule has 1 aliphatic rings. The van der Waals surface area contributed by atoms with Gasteiger partial charge in [-0.15, -0.1) is 0 Å². The maximum atomic E-state index is 12.2. The summed E-state index contributed by atoms with van der Waals surface area (Å²) in [5, 5.41) is 0. The van der Waals surface area contributed by atoms with Gasteiger partial charge in [-0.1, -0.05) is 0 Å². The highest BCUT2D eigenvalue weighted by molar-refractivity contribution is 5.68. The van der Waals surface area contributed by atoms with E-state index in [0.717, 1.165) is 18.8 Å². The Morgan fingerprint density at radius 3 is 2.64 bits per heavy atom. The predicted octanol–water partition coefficient (Wildman–Crippen LogP) is 2.48. The van der Waals surface area contributed by atoms with Crippen molar-refractivity contribution >= 4 is 6.09 Å². The fraction of sp³-hybridized carbons (Fsp3) is 0.688. The van der Waals surface area contributed by atoms with Gasteiger partial charge in [-0.05, 0) is 34.6 Å². The van der Waals surface area contributed by atoms with Gasteiger partial charge in [0.1, 0.15) is 5.60 Å². The van der Waals surface area contributed by atoms with Gasteiger partial charge in [0.05, 0.1) is 11.7 Å². The molecule has 22 heavy (non-hydrogen) atoms. The van der Waals surface area contributed by atoms with Gasteiger partial charge >= 0.3 is 6.09 Å². The fourth-order valence-electron chi connectivity index (χ4n) is 2.64. The molecule has 122 valence electrons. The third-order valence-electron chi connectivity index (χ3n) is 3.85. The van der Waals surface area contributed by atoms with Crippen LogP contribution in [0.25, 0.3) is 0 Å². The number of carbonyl (C=O) groups excluding carboxylic acids is 1. The second-order valence-electron chi connectivity index (χ2n) is 6.82. The van der Waals surface area contributed by atoms with Crippen molar-refractivity contribution in [2.24, 2.45) is 0 Å². The van der Waals surface area contributed by atoms with E-state index in [9.17, 15) is 4.79 Å². The number of hydrogen-bond acceptors (Lipinski definition) is 5. The van der Waals surface area contributed by atoms with E-state index in [1.54, 1.807) is 18.6 Å². The van der Waals surface area contributed by atoms with Crippen LogP contribution in [0.3, 0.4) is 0 Å². The first kappa shape index (κ1) is 16.7. The zero-order chi connectivity index (χ0) is 16.3. The number of hydrogen-bond donors (Lipinski definition) is 0. The van der Waals surface area contributed by atoms with Gasteiger partial charge in [0.25, 0.3) is 0 Å². The minimum absolute atomic E-state index is 0.114. The van der Waals surface area contributed by atoms with E-state index >= 15 is 0 Å². The van der Waals surface area contributed by atoms with E-state index in [-0.39, 0.29) is 18.2 Å². The Morgan fingerprint density at radius 1 is 1.36 bits per heavy atom. The summed E-state index contributed by atoms with van der Waals surface area (Å²) in [5.74, 6) is 0. The average molecular weight is 306 g/mol. The molecule has 0 unspecified atom stereocenters. The first-order chi connectivity index (χ1) is 10.3. The molecule has 1 aromatic rings. The summed E-state index contributed by atoms with van der Waals surface area (Å²) in [6.45, 7) is 12.1. The minimum atomic E-state index is -0.457. The molecular weight excluding hydrogens is 280 g/mol. The van der Waals surface area contributed by atoms with Crippen molar-refractivity contribution in [2.45, 2.75) is 52.3 Å². The lowest BCUT2D eigenvalue weighted by molar-refractivity contribution is -0.00373. The molecule has 1 saturated heterocycles. The lowest BCUT2D eigenvalue weighted by Crippen LogP contribution is -2.55. The molecule has 0 aromatic carbocycles. The second-order valence-corrected chi connectivity index (χ2v) is 6.82. The molecule has 0 bridgehead atoms. The quantitative estimate of drug-likeness (QED) is 0.840. The fourth-order valence-corrected chi connectivity index (χ4v) is 2.64. The molecule has 1 amide bonds. The lowest BCUT2D eigenvalue weighted by Gasteiger charge is -2.42. The van der Waals surface area contributed by atoms with Gasteiger partial charge in [-0.3, -0.25) is 14.9 Å². The van der Waals surface area contributed by atoms with Crippen LogP contribution in [0.2, 0.25) is 0 Å². The normalized spacial score (nSPS) is 21.5. The largest absolute Gasteiger partial charge is 0.444 e. The summed E-state index contributed by atoms with van der Waals surface area (Å²) in [6, 6.07) is 0.305. The summed E-state index contributed by atoms with van der Waals surface area (Å²) < 4.78 is 5.47. The Labute approximate surface area is 132 Å². The number of carbonyl (C=O) groups is 1. The highest BCUT2D eigenvalue weighted by Crippen LogP contribution is 2.22. The van der Waals surface area contributed by atoms with Crippen molar-refractivity contribution in [1.82, 2.24) is 19.8 Å². The first-order valence-electron chi connectivity index (χ1n) is 7.77. The van der Waals surface area contributed by atoms with Crippen LogP contribution in [0.5, 0.6) is 0 Å². The molecule has 1 fully saturated rings. The van der Waals surface area contributed by atoms with Crippen molar-refractivity contribution in [1.29, 1.82) is 0 Å². The van der Waals surface area contributed by atoms with Crippen LogP contribution < -0.4 is 0 Å². The van der Waals surface area contributed by atoms with Crippen LogP contribution in [0.1, 0.15) is 46.4 Å². The molecule has 1 aromatic heterocycles. The average Bonchev–Trinajstić information content (AvgIpc) is 2.45. The van der Waals surface area contributed by atoms with Crippen LogP contribution in [0.4, 0.5) is 4.79 Å². The Morgan fingerprint density at radius 2 is 2.09 bits per heavy atom. The van der Waals surface area contributed by atoms with Gasteiger partial charge < -0.3 is 9.64 Å². The highest BCUT2D eigenvalue weighted by atomic mass is 16.6. The van der Waals surface area contributed by atoms with E-state index in [2.05, 4.69) is 28.7 Å². The van der Waals surface area contributed by atoms with Crippen LogP contribution in [0.15, 0.2) is 18.6 Å². The number of ether oxygens (including phenoxy) is 1. The van der Waals surface area contributed by atoms with Crippen LogP contribution >= 0.6 is 0 Å². The SMILES string of the molecule is C[C@@H](c1cnccn1)N1CCN(C(=O)OC(C)(C)C)[C@@H](C)C1. The van der Waals surface area contributed by atoms with Gasteiger partial charge in [0.15, 0.2) is 0 Å². The monoisotopic (exact) mass is 306 g/mol. The summed E-state index contributed by atoms with van der Waals surface area (Å²) in [7, 11) is 0. The van der Waals surface area contributed by atoms with Gasteiger partial charge in [-0.25, -0.2) is 4.79 Å². The van der Waals surface area contributed by atoms with Gasteiger partial charge in [-0.2, -0.15) is 0 Å². The Bertz CT molecular complexity index is 501. The number of aromatic nitrogens is 2. The van der Waals surface area contributed by atoms with Gasteiger partial charge in [0, 0.05) is 44.3 Å². The van der Waals surface area contributed by atoms with Crippen molar-refractivity contribution in [3.63, 3.8) is 0 Å². The molecule has 0 aliphatic carbocycles. The zero-order valence-electron chi connectivity index (χ0n) is 14.1. The van der Waals surface area contributed by atoms with Crippen LogP contribution in [-0.2, 0) is 4.74 Å². The van der Waals surface area contributed by atoms with E-state index in [0.29, 0.717) is 6.54 Å². The maximum Gasteiger partial charge on any atom is 0.410 e. The molecule has 0 saturated carbocycles. The Kier molecular flexibility index (Phi) is 5.01. The zero-order valence-corrected chi connectivity index (χ0v) is 14.1. The van der Waals surface area contributed by atoms with Crippen molar-refractivity contribution in [2.75, 3.05) is 19.6 Å². The Balaban J connectivity index is 1.96. The predicted molar refractivity (Wildman–Crippen MR) is 84.4 cm³/mol. The van der Waals surface area contributed by atoms with Crippen LogP contribution in [0, 0.1) is 0 Å². The summed E-state index contributed by atoms with van der Waals surface area (Å²) in [6.07, 6.45) is 4.97. The molecule has 6 nitrogen and oxygen atoms in total. The lowest BCUT2D eigenvalue weighted by atomic mass is 10.1. The smallest absolute Gasteiger partial charge is 0.410 e. The third-order valence-corrected chi connectivity index (χ3v) is 3.85. The molecule has 0 radical (unpaired) electrons. The Hall–Kier alpha value is -1.69. The topological polar surface area (TPSA) is 58.6 Å². The molecular formula is C16H26N4O2. The molecule has 0 N–H and O–H groups in total. The summed E-state index contributed by atoms with van der Waals surface area (Å²) >= 11 is 0. The first-order valence-corrected chi connectivity index (χ1v) is 7.77. The summed E-state index contributed by atoms with van der Waals surface area (Å²) in [4.78, 5) is 24.9. The van der Waals surface area contributed by atoms with Crippen LogP contribution in [-0.4, -0.2) is 57.1 Å². The van der Waals surface area contributed by atoms with E-state index in [1.165, 1.54) is 0 Å². The molecule has 2 rings (SSSR count).